The lowest BCUT2D eigenvalue weighted by molar-refractivity contribution is 0.0405. The first-order valence-corrected chi connectivity index (χ1v) is 12.9. The molecule has 190 valence electrons. The van der Waals surface area contributed by atoms with Crippen LogP contribution in [0, 0.1) is 0 Å². The fraction of sp³-hybridized carbons (Fsp3) is 0.885. The van der Waals surface area contributed by atoms with Gasteiger partial charge in [0.2, 0.25) is 0 Å². The lowest BCUT2D eigenvalue weighted by Gasteiger charge is -2.19. The smallest absolute Gasteiger partial charge is 0.407 e. The highest BCUT2D eigenvalue weighted by molar-refractivity contribution is 5.67. The van der Waals surface area contributed by atoms with Gasteiger partial charge < -0.3 is 24.8 Å². The van der Waals surface area contributed by atoms with Gasteiger partial charge in [0.05, 0.1) is 26.4 Å². The normalized spacial score (nSPS) is 11.4. The summed E-state index contributed by atoms with van der Waals surface area (Å²) in [4.78, 5) is 11.5. The van der Waals surface area contributed by atoms with Crippen molar-refractivity contribution < 1.29 is 19.0 Å². The summed E-state index contributed by atoms with van der Waals surface area (Å²) in [6.07, 6.45) is 15.7. The molecular weight excluding hydrogens is 404 g/mol. The number of hydrogen-bond acceptors (Lipinski definition) is 5. The number of allylic oxidation sites excluding steroid dienone is 1. The summed E-state index contributed by atoms with van der Waals surface area (Å²) in [6.45, 7) is 15.2. The average molecular weight is 457 g/mol. The largest absolute Gasteiger partial charge is 0.444 e. The maximum Gasteiger partial charge on any atom is 0.407 e. The summed E-state index contributed by atoms with van der Waals surface area (Å²) in [6, 6.07) is 0. The molecule has 0 aromatic rings. The van der Waals surface area contributed by atoms with Crippen LogP contribution in [0.4, 0.5) is 4.79 Å². The zero-order valence-electron chi connectivity index (χ0n) is 21.6. The van der Waals surface area contributed by atoms with E-state index in [0.717, 1.165) is 18.7 Å². The minimum Gasteiger partial charge on any atom is -0.444 e. The van der Waals surface area contributed by atoms with Crippen molar-refractivity contribution in [3.05, 3.63) is 12.3 Å². The maximum atomic E-state index is 11.5. The second-order valence-corrected chi connectivity index (χ2v) is 9.47. The molecule has 32 heavy (non-hydrogen) atoms. The van der Waals surface area contributed by atoms with Gasteiger partial charge in [-0.3, -0.25) is 0 Å². The summed E-state index contributed by atoms with van der Waals surface area (Å²) in [5.41, 5.74) is 0.624. The van der Waals surface area contributed by atoms with Crippen LogP contribution in [-0.2, 0) is 14.2 Å². The molecule has 0 aromatic carbocycles. The molecule has 2 N–H and O–H groups in total. The molecule has 0 aromatic heterocycles. The number of nitrogens with one attached hydrogen (secondary N) is 2. The molecule has 6 nitrogen and oxygen atoms in total. The Labute approximate surface area is 198 Å². The molecule has 0 spiro atoms. The number of amides is 1. The van der Waals surface area contributed by atoms with Crippen LogP contribution in [0.25, 0.3) is 0 Å². The van der Waals surface area contributed by atoms with Crippen LogP contribution in [0.15, 0.2) is 12.3 Å². The van der Waals surface area contributed by atoms with E-state index in [4.69, 9.17) is 14.2 Å². The van der Waals surface area contributed by atoms with E-state index in [1.54, 1.807) is 0 Å². The van der Waals surface area contributed by atoms with Gasteiger partial charge in [-0.15, -0.1) is 0 Å². The third-order valence-corrected chi connectivity index (χ3v) is 4.99. The fourth-order valence-electron chi connectivity index (χ4n) is 3.25. The summed E-state index contributed by atoms with van der Waals surface area (Å²) in [7, 11) is 0. The molecule has 0 rings (SSSR count). The van der Waals surface area contributed by atoms with Gasteiger partial charge in [0.15, 0.2) is 0 Å². The SMILES string of the molecule is C=C(CCCCCCCCCCCCC)NCCOCCOCCNC(=O)OC(C)(C)C. The van der Waals surface area contributed by atoms with Crippen LogP contribution in [0.1, 0.15) is 105 Å². The molecule has 0 aliphatic rings. The molecule has 0 unspecified atom stereocenters. The van der Waals surface area contributed by atoms with Gasteiger partial charge in [-0.25, -0.2) is 4.79 Å². The molecule has 0 radical (unpaired) electrons. The van der Waals surface area contributed by atoms with E-state index in [-0.39, 0.29) is 0 Å². The minimum atomic E-state index is -0.481. The van der Waals surface area contributed by atoms with E-state index in [9.17, 15) is 4.79 Å². The zero-order valence-corrected chi connectivity index (χ0v) is 21.6. The third-order valence-electron chi connectivity index (χ3n) is 4.99. The first-order chi connectivity index (χ1) is 15.3. The Morgan fingerprint density at radius 2 is 1.19 bits per heavy atom. The van der Waals surface area contributed by atoms with E-state index in [0.29, 0.717) is 33.0 Å². The molecular formula is C26H52N2O4. The first-order valence-electron chi connectivity index (χ1n) is 12.9. The van der Waals surface area contributed by atoms with Crippen LogP contribution in [-0.4, -0.2) is 51.2 Å². The summed E-state index contributed by atoms with van der Waals surface area (Å²) in [5, 5.41) is 6.00. The van der Waals surface area contributed by atoms with Crippen molar-refractivity contribution in [3.63, 3.8) is 0 Å². The summed E-state index contributed by atoms with van der Waals surface area (Å²) in [5.74, 6) is 0. The third kappa shape index (κ3) is 25.0. The molecule has 0 aliphatic heterocycles. The van der Waals surface area contributed by atoms with Crippen molar-refractivity contribution in [1.29, 1.82) is 0 Å². The lowest BCUT2D eigenvalue weighted by atomic mass is 10.0. The van der Waals surface area contributed by atoms with E-state index in [1.165, 1.54) is 70.6 Å². The van der Waals surface area contributed by atoms with Gasteiger partial charge in [-0.05, 0) is 33.6 Å². The fourth-order valence-corrected chi connectivity index (χ4v) is 3.25. The van der Waals surface area contributed by atoms with Gasteiger partial charge in [-0.1, -0.05) is 77.7 Å². The van der Waals surface area contributed by atoms with Gasteiger partial charge in [0.25, 0.3) is 0 Å². The van der Waals surface area contributed by atoms with Crippen molar-refractivity contribution in [1.82, 2.24) is 10.6 Å². The molecule has 0 saturated heterocycles. The van der Waals surface area contributed by atoms with Crippen molar-refractivity contribution in [2.24, 2.45) is 0 Å². The molecule has 0 aliphatic carbocycles. The van der Waals surface area contributed by atoms with E-state index < -0.39 is 11.7 Å². The Morgan fingerprint density at radius 1 is 0.719 bits per heavy atom. The minimum absolute atomic E-state index is 0.420. The number of hydrogen-bond donors (Lipinski definition) is 2. The molecule has 1 amide bonds. The highest BCUT2D eigenvalue weighted by Crippen LogP contribution is 2.12. The summed E-state index contributed by atoms with van der Waals surface area (Å²) < 4.78 is 16.1. The number of alkyl carbamates (subject to hydrolysis) is 1. The summed E-state index contributed by atoms with van der Waals surface area (Å²) >= 11 is 0. The number of carbonyl (C=O) groups is 1. The van der Waals surface area contributed by atoms with Crippen molar-refractivity contribution in [2.75, 3.05) is 39.5 Å². The number of ether oxygens (including phenoxy) is 3. The molecule has 0 fully saturated rings. The number of unbranched alkanes of at least 4 members (excludes halogenated alkanes) is 10. The highest BCUT2D eigenvalue weighted by Gasteiger charge is 2.15. The van der Waals surface area contributed by atoms with Gasteiger partial charge in [-0.2, -0.15) is 0 Å². The van der Waals surface area contributed by atoms with E-state index >= 15 is 0 Å². The van der Waals surface area contributed by atoms with Crippen LogP contribution in [0.3, 0.4) is 0 Å². The Hall–Kier alpha value is -1.27. The lowest BCUT2D eigenvalue weighted by Crippen LogP contribution is -2.34. The predicted molar refractivity (Wildman–Crippen MR) is 134 cm³/mol. The Kier molecular flexibility index (Phi) is 20.7. The topological polar surface area (TPSA) is 68.8 Å². The van der Waals surface area contributed by atoms with Crippen molar-refractivity contribution in [2.45, 2.75) is 110 Å². The Bertz CT molecular complexity index is 450. The monoisotopic (exact) mass is 456 g/mol. The first kappa shape index (κ1) is 30.7. The van der Waals surface area contributed by atoms with Crippen molar-refractivity contribution >= 4 is 6.09 Å². The Balaban J connectivity index is 3.26. The quantitative estimate of drug-likeness (QED) is 0.186. The second kappa shape index (κ2) is 21.6. The molecule has 0 heterocycles. The standard InChI is InChI=1S/C26H52N2O4/c1-6-7-8-9-10-11-12-13-14-15-16-17-24(2)27-18-20-30-22-23-31-21-19-28-25(29)32-26(3,4)5/h27H,2,6-23H2,1,3-5H3,(H,28,29). The molecule has 0 atom stereocenters. The van der Waals surface area contributed by atoms with E-state index in [1.807, 2.05) is 20.8 Å². The average Bonchev–Trinajstić information content (AvgIpc) is 2.72. The van der Waals surface area contributed by atoms with E-state index in [2.05, 4.69) is 24.1 Å². The maximum absolute atomic E-state index is 11.5. The van der Waals surface area contributed by atoms with Crippen LogP contribution >= 0.6 is 0 Å². The van der Waals surface area contributed by atoms with Crippen LogP contribution < -0.4 is 10.6 Å². The Morgan fingerprint density at radius 3 is 1.69 bits per heavy atom. The second-order valence-electron chi connectivity index (χ2n) is 9.47. The van der Waals surface area contributed by atoms with Gasteiger partial charge >= 0.3 is 6.09 Å². The highest BCUT2D eigenvalue weighted by atomic mass is 16.6. The van der Waals surface area contributed by atoms with Crippen molar-refractivity contribution in [3.8, 4) is 0 Å². The molecule has 0 saturated carbocycles. The molecule has 0 bridgehead atoms. The van der Waals surface area contributed by atoms with Crippen LogP contribution in [0.2, 0.25) is 0 Å². The predicted octanol–water partition coefficient (Wildman–Crippen LogP) is 6.35. The van der Waals surface area contributed by atoms with Crippen LogP contribution in [0.5, 0.6) is 0 Å². The van der Waals surface area contributed by atoms with Gasteiger partial charge in [0.1, 0.15) is 5.60 Å². The number of rotatable bonds is 22. The molecule has 6 heteroatoms. The number of carbonyl (C=O) groups excluding carboxylic acids is 1. The van der Waals surface area contributed by atoms with Gasteiger partial charge in [0, 0.05) is 18.8 Å². The zero-order chi connectivity index (χ0) is 23.9.